The lowest BCUT2D eigenvalue weighted by atomic mass is 10.2. The monoisotopic (exact) mass is 351 g/mol. The molecular formula is C14H19ClFNO4S. The van der Waals surface area contributed by atoms with Crippen molar-refractivity contribution in [3.05, 3.63) is 29.0 Å². The highest BCUT2D eigenvalue weighted by atomic mass is 35.5. The molecular weight excluding hydrogens is 333 g/mol. The predicted octanol–water partition coefficient (Wildman–Crippen LogP) is 2.34. The van der Waals surface area contributed by atoms with Crippen LogP contribution in [0.2, 0.25) is 5.02 Å². The summed E-state index contributed by atoms with van der Waals surface area (Å²) in [6, 6.07) is 3.46. The van der Waals surface area contributed by atoms with Gasteiger partial charge in [-0.1, -0.05) is 11.6 Å². The van der Waals surface area contributed by atoms with Crippen LogP contribution >= 0.6 is 11.6 Å². The van der Waals surface area contributed by atoms with E-state index in [0.717, 1.165) is 31.6 Å². The van der Waals surface area contributed by atoms with Gasteiger partial charge in [0.05, 0.1) is 12.7 Å². The zero-order chi connectivity index (χ0) is 16.0. The summed E-state index contributed by atoms with van der Waals surface area (Å²) in [4.78, 5) is -0.405. The summed E-state index contributed by atoms with van der Waals surface area (Å²) in [7, 11) is -3.87. The number of ether oxygens (including phenoxy) is 2. The molecule has 0 aliphatic carbocycles. The first-order chi connectivity index (χ1) is 10.5. The second-order valence-electron chi connectivity index (χ2n) is 5.04. The van der Waals surface area contributed by atoms with Gasteiger partial charge in [-0.3, -0.25) is 0 Å². The molecule has 1 atom stereocenters. The van der Waals surface area contributed by atoms with Gasteiger partial charge < -0.3 is 9.47 Å². The summed E-state index contributed by atoms with van der Waals surface area (Å²) in [5.74, 6) is -0.866. The highest BCUT2D eigenvalue weighted by Crippen LogP contribution is 2.18. The third-order valence-corrected chi connectivity index (χ3v) is 5.00. The predicted molar refractivity (Wildman–Crippen MR) is 81.0 cm³/mol. The average molecular weight is 352 g/mol. The highest BCUT2D eigenvalue weighted by molar-refractivity contribution is 7.89. The molecule has 124 valence electrons. The Bertz CT molecular complexity index is 591. The van der Waals surface area contributed by atoms with E-state index in [2.05, 4.69) is 4.72 Å². The fraction of sp³-hybridized carbons (Fsp3) is 0.571. The molecule has 0 aromatic heterocycles. The van der Waals surface area contributed by atoms with Crippen molar-refractivity contribution in [2.45, 2.75) is 30.3 Å². The number of hydrogen-bond donors (Lipinski definition) is 1. The maximum absolute atomic E-state index is 13.6. The normalized spacial score (nSPS) is 18.7. The Balaban J connectivity index is 1.71. The molecule has 0 amide bonds. The second-order valence-corrected chi connectivity index (χ2v) is 7.21. The van der Waals surface area contributed by atoms with Crippen LogP contribution in [0.3, 0.4) is 0 Å². The minimum Gasteiger partial charge on any atom is -0.379 e. The highest BCUT2D eigenvalue weighted by Gasteiger charge is 2.19. The van der Waals surface area contributed by atoms with Crippen LogP contribution in [0.25, 0.3) is 0 Å². The molecule has 1 N–H and O–H groups in total. The van der Waals surface area contributed by atoms with E-state index in [1.54, 1.807) is 0 Å². The van der Waals surface area contributed by atoms with E-state index in [1.807, 2.05) is 0 Å². The van der Waals surface area contributed by atoms with Crippen LogP contribution in [0.15, 0.2) is 23.1 Å². The molecule has 1 aliphatic heterocycles. The van der Waals surface area contributed by atoms with Crippen molar-refractivity contribution in [2.75, 3.05) is 26.4 Å². The van der Waals surface area contributed by atoms with Gasteiger partial charge in [-0.15, -0.1) is 0 Å². The van der Waals surface area contributed by atoms with E-state index in [0.29, 0.717) is 19.6 Å². The van der Waals surface area contributed by atoms with Crippen molar-refractivity contribution in [2.24, 2.45) is 0 Å². The second kappa shape index (κ2) is 8.21. The molecule has 0 bridgehead atoms. The molecule has 22 heavy (non-hydrogen) atoms. The van der Waals surface area contributed by atoms with Gasteiger partial charge >= 0.3 is 0 Å². The SMILES string of the molecule is O=S(=O)(NCCCOCC1CCCO1)c1ccc(Cl)cc1F. The summed E-state index contributed by atoms with van der Waals surface area (Å²) >= 11 is 5.60. The quantitative estimate of drug-likeness (QED) is 0.730. The molecule has 1 saturated heterocycles. The van der Waals surface area contributed by atoms with Crippen molar-refractivity contribution >= 4 is 21.6 Å². The molecule has 0 radical (unpaired) electrons. The Morgan fingerprint density at radius 2 is 2.27 bits per heavy atom. The van der Waals surface area contributed by atoms with Crippen LogP contribution < -0.4 is 4.72 Å². The van der Waals surface area contributed by atoms with Gasteiger partial charge in [0.15, 0.2) is 0 Å². The standard InChI is InChI=1S/C14H19ClFNO4S/c15-11-4-5-14(13(16)9-11)22(18,19)17-6-2-7-20-10-12-3-1-8-21-12/h4-5,9,12,17H,1-3,6-8,10H2. The number of sulfonamides is 1. The Morgan fingerprint density at radius 1 is 1.45 bits per heavy atom. The number of hydrogen-bond acceptors (Lipinski definition) is 4. The van der Waals surface area contributed by atoms with Crippen LogP contribution in [0, 0.1) is 5.82 Å². The lowest BCUT2D eigenvalue weighted by molar-refractivity contribution is 0.0169. The molecule has 1 unspecified atom stereocenters. The zero-order valence-electron chi connectivity index (χ0n) is 12.1. The molecule has 5 nitrogen and oxygen atoms in total. The summed E-state index contributed by atoms with van der Waals surface area (Å²) in [6.45, 7) is 1.90. The van der Waals surface area contributed by atoms with Crippen LogP contribution in [0.5, 0.6) is 0 Å². The van der Waals surface area contributed by atoms with Gasteiger partial charge in [-0.05, 0) is 37.5 Å². The molecule has 0 spiro atoms. The Labute approximate surface area is 134 Å². The zero-order valence-corrected chi connectivity index (χ0v) is 13.6. The first-order valence-corrected chi connectivity index (χ1v) is 8.99. The third kappa shape index (κ3) is 5.17. The van der Waals surface area contributed by atoms with Gasteiger partial charge in [0.25, 0.3) is 0 Å². The lowest BCUT2D eigenvalue weighted by Gasteiger charge is -2.11. The molecule has 2 rings (SSSR count). The molecule has 0 saturated carbocycles. The van der Waals surface area contributed by atoms with Crippen molar-refractivity contribution in [1.29, 1.82) is 0 Å². The lowest BCUT2D eigenvalue weighted by Crippen LogP contribution is -2.26. The number of benzene rings is 1. The summed E-state index contributed by atoms with van der Waals surface area (Å²) in [6.07, 6.45) is 2.71. The van der Waals surface area contributed by atoms with Crippen molar-refractivity contribution in [3.8, 4) is 0 Å². The average Bonchev–Trinajstić information content (AvgIpc) is 2.95. The van der Waals surface area contributed by atoms with Gasteiger partial charge in [0, 0.05) is 24.8 Å². The van der Waals surface area contributed by atoms with E-state index in [4.69, 9.17) is 21.1 Å². The van der Waals surface area contributed by atoms with Crippen LogP contribution in [-0.2, 0) is 19.5 Å². The van der Waals surface area contributed by atoms with Crippen molar-refractivity contribution in [3.63, 3.8) is 0 Å². The van der Waals surface area contributed by atoms with Crippen LogP contribution in [-0.4, -0.2) is 40.9 Å². The summed E-state index contributed by atoms with van der Waals surface area (Å²) < 4.78 is 50.7. The molecule has 1 heterocycles. The molecule has 8 heteroatoms. The van der Waals surface area contributed by atoms with Crippen LogP contribution in [0.4, 0.5) is 4.39 Å². The minimum atomic E-state index is -3.87. The van der Waals surface area contributed by atoms with E-state index < -0.39 is 20.7 Å². The summed E-state index contributed by atoms with van der Waals surface area (Å²) in [5, 5.41) is 0.152. The fourth-order valence-electron chi connectivity index (χ4n) is 2.14. The third-order valence-electron chi connectivity index (χ3n) is 3.27. The van der Waals surface area contributed by atoms with Crippen molar-refractivity contribution < 1.29 is 22.3 Å². The van der Waals surface area contributed by atoms with E-state index in [9.17, 15) is 12.8 Å². The Hall–Kier alpha value is -0.730. The first kappa shape index (κ1) is 17.6. The first-order valence-electron chi connectivity index (χ1n) is 7.13. The van der Waals surface area contributed by atoms with Gasteiger partial charge in [0.2, 0.25) is 10.0 Å². The number of halogens is 2. The summed E-state index contributed by atoms with van der Waals surface area (Å²) in [5.41, 5.74) is 0. The van der Waals surface area contributed by atoms with E-state index in [-0.39, 0.29) is 17.7 Å². The van der Waals surface area contributed by atoms with Crippen LogP contribution in [0.1, 0.15) is 19.3 Å². The maximum atomic E-state index is 13.6. The maximum Gasteiger partial charge on any atom is 0.243 e. The topological polar surface area (TPSA) is 64.6 Å². The molecule has 1 aromatic rings. The number of nitrogens with one attached hydrogen (secondary N) is 1. The Morgan fingerprint density at radius 3 is 2.95 bits per heavy atom. The molecule has 1 aliphatic rings. The minimum absolute atomic E-state index is 0.152. The van der Waals surface area contributed by atoms with E-state index in [1.165, 1.54) is 6.07 Å². The van der Waals surface area contributed by atoms with E-state index >= 15 is 0 Å². The smallest absolute Gasteiger partial charge is 0.243 e. The number of rotatable bonds is 8. The molecule has 1 fully saturated rings. The Kier molecular flexibility index (Phi) is 6.58. The largest absolute Gasteiger partial charge is 0.379 e. The fourth-order valence-corrected chi connectivity index (χ4v) is 3.43. The van der Waals surface area contributed by atoms with Gasteiger partial charge in [-0.25, -0.2) is 17.5 Å². The molecule has 1 aromatic carbocycles. The van der Waals surface area contributed by atoms with Crippen molar-refractivity contribution in [1.82, 2.24) is 4.72 Å². The van der Waals surface area contributed by atoms with Gasteiger partial charge in [0.1, 0.15) is 10.7 Å². The van der Waals surface area contributed by atoms with Gasteiger partial charge in [-0.2, -0.15) is 0 Å².